The summed E-state index contributed by atoms with van der Waals surface area (Å²) in [5.74, 6) is 0.779. The molecule has 0 aliphatic heterocycles. The van der Waals surface area contributed by atoms with E-state index in [2.05, 4.69) is 123 Å². The van der Waals surface area contributed by atoms with E-state index < -0.39 is 0 Å². The van der Waals surface area contributed by atoms with E-state index in [0.717, 1.165) is 41.6 Å². The van der Waals surface area contributed by atoms with Crippen LogP contribution in [0.2, 0.25) is 0 Å². The summed E-state index contributed by atoms with van der Waals surface area (Å²) in [4.78, 5) is 0. The summed E-state index contributed by atoms with van der Waals surface area (Å²) in [6.07, 6.45) is 18.9. The second-order valence-corrected chi connectivity index (χ2v) is 13.5. The molecule has 5 nitrogen and oxygen atoms in total. The molecular weight excluding hydrogens is 709 g/mol. The SMILES string of the molecule is C/C(=C\C=C/N)c1ccc(-c2cc(C3C=CC(/C(C)=C/C=C\N)CC3)cc3c2oc2cccc(Cc4ccccc4)c23)cc1.CC.CC.CN.NCc1ccccc1. The predicted octanol–water partition coefficient (Wildman–Crippen LogP) is 13.0. The molecule has 8 N–H and O–H groups in total. The molecule has 7 rings (SSSR count). The molecule has 2 atom stereocenters. The largest absolute Gasteiger partial charge is 0.455 e. The Balaban J connectivity index is 0.000000557. The van der Waals surface area contributed by atoms with Crippen molar-refractivity contribution in [1.82, 2.24) is 0 Å². The fourth-order valence-electron chi connectivity index (χ4n) is 7.05. The Hall–Kier alpha value is -5.88. The molecule has 1 aromatic heterocycles. The Morgan fingerprint density at radius 1 is 0.690 bits per heavy atom. The van der Waals surface area contributed by atoms with Crippen molar-refractivity contribution >= 4 is 27.5 Å². The molecule has 5 aromatic carbocycles. The number of fused-ring (bicyclic) bond motifs is 3. The van der Waals surface area contributed by atoms with Gasteiger partial charge in [0.1, 0.15) is 11.2 Å². The van der Waals surface area contributed by atoms with E-state index in [9.17, 15) is 0 Å². The number of nitrogens with two attached hydrogens (primary N) is 4. The molecule has 1 heterocycles. The van der Waals surface area contributed by atoms with Crippen molar-refractivity contribution < 1.29 is 4.42 Å². The van der Waals surface area contributed by atoms with Gasteiger partial charge in [-0.05, 0) is 128 Å². The van der Waals surface area contributed by atoms with Gasteiger partial charge >= 0.3 is 0 Å². The van der Waals surface area contributed by atoms with Crippen LogP contribution >= 0.6 is 0 Å². The Bertz CT molecular complexity index is 2240. The van der Waals surface area contributed by atoms with Crippen LogP contribution in [-0.2, 0) is 13.0 Å². The number of hydrogen-bond acceptors (Lipinski definition) is 5. The zero-order valence-electron chi connectivity index (χ0n) is 35.8. The lowest BCUT2D eigenvalue weighted by Gasteiger charge is -2.24. The van der Waals surface area contributed by atoms with Gasteiger partial charge in [0, 0.05) is 28.8 Å². The van der Waals surface area contributed by atoms with Gasteiger partial charge in [0.2, 0.25) is 0 Å². The molecule has 0 amide bonds. The van der Waals surface area contributed by atoms with Crippen molar-refractivity contribution in [3.63, 3.8) is 0 Å². The normalized spacial score (nSPS) is 15.1. The van der Waals surface area contributed by atoms with Gasteiger partial charge in [-0.3, -0.25) is 0 Å². The molecule has 1 aliphatic rings. The van der Waals surface area contributed by atoms with Crippen molar-refractivity contribution in [2.75, 3.05) is 7.05 Å². The predicted molar refractivity (Wildman–Crippen MR) is 254 cm³/mol. The lowest BCUT2D eigenvalue weighted by molar-refractivity contribution is 0.563. The maximum absolute atomic E-state index is 6.70. The number of rotatable bonds is 9. The third-order valence-corrected chi connectivity index (χ3v) is 9.98. The molecule has 304 valence electrons. The number of benzene rings is 5. The first kappa shape index (κ1) is 46.5. The molecule has 0 spiro atoms. The highest BCUT2D eigenvalue weighted by molar-refractivity contribution is 6.11. The molecule has 0 fully saturated rings. The molecular formula is C53H66N4O. The van der Waals surface area contributed by atoms with Crippen LogP contribution in [0, 0.1) is 5.92 Å². The van der Waals surface area contributed by atoms with Crippen LogP contribution in [0.25, 0.3) is 38.6 Å². The number of allylic oxidation sites excluding steroid dienone is 8. The van der Waals surface area contributed by atoms with Crippen LogP contribution in [0.4, 0.5) is 0 Å². The summed E-state index contributed by atoms with van der Waals surface area (Å²) in [5, 5.41) is 2.40. The van der Waals surface area contributed by atoms with Gasteiger partial charge in [0.15, 0.2) is 0 Å². The smallest absolute Gasteiger partial charge is 0.143 e. The van der Waals surface area contributed by atoms with E-state index in [1.165, 1.54) is 56.8 Å². The molecule has 0 radical (unpaired) electrons. The Morgan fingerprint density at radius 3 is 1.88 bits per heavy atom. The van der Waals surface area contributed by atoms with E-state index in [0.29, 0.717) is 18.4 Å². The number of furan rings is 1. The highest BCUT2D eigenvalue weighted by Gasteiger charge is 2.22. The highest BCUT2D eigenvalue weighted by atomic mass is 16.3. The minimum Gasteiger partial charge on any atom is -0.455 e. The third-order valence-electron chi connectivity index (χ3n) is 9.98. The first-order chi connectivity index (χ1) is 28.5. The molecule has 0 saturated carbocycles. The number of hydrogen-bond donors (Lipinski definition) is 4. The van der Waals surface area contributed by atoms with Gasteiger partial charge in [-0.2, -0.15) is 0 Å². The fraction of sp³-hybridized carbons (Fsp3) is 0.245. The summed E-state index contributed by atoms with van der Waals surface area (Å²) in [5.41, 5.74) is 33.9. The van der Waals surface area contributed by atoms with Gasteiger partial charge < -0.3 is 27.4 Å². The zero-order valence-corrected chi connectivity index (χ0v) is 35.8. The average Bonchev–Trinajstić information content (AvgIpc) is 3.69. The molecule has 6 aromatic rings. The molecule has 5 heteroatoms. The van der Waals surface area contributed by atoms with Crippen molar-refractivity contribution in [3.8, 4) is 11.1 Å². The topological polar surface area (TPSA) is 117 Å². The van der Waals surface area contributed by atoms with Crippen LogP contribution in [0.1, 0.15) is 88.1 Å². The summed E-state index contributed by atoms with van der Waals surface area (Å²) in [7, 11) is 1.50. The van der Waals surface area contributed by atoms with Crippen LogP contribution in [-0.4, -0.2) is 7.05 Å². The lowest BCUT2D eigenvalue weighted by atomic mass is 9.80. The van der Waals surface area contributed by atoms with Gasteiger partial charge in [0.25, 0.3) is 0 Å². The van der Waals surface area contributed by atoms with Crippen LogP contribution in [0.15, 0.2) is 174 Å². The molecule has 2 unspecified atom stereocenters. The van der Waals surface area contributed by atoms with E-state index in [1.54, 1.807) is 12.4 Å². The Kier molecular flexibility index (Phi) is 20.4. The van der Waals surface area contributed by atoms with Crippen molar-refractivity contribution in [3.05, 3.63) is 198 Å². The monoisotopic (exact) mass is 775 g/mol. The van der Waals surface area contributed by atoms with E-state index in [1.807, 2.05) is 76.3 Å². The Labute approximate surface area is 348 Å². The highest BCUT2D eigenvalue weighted by Crippen LogP contribution is 2.42. The first-order valence-corrected chi connectivity index (χ1v) is 20.7. The quantitative estimate of drug-likeness (QED) is 0.0862. The first-order valence-electron chi connectivity index (χ1n) is 20.7. The molecule has 1 aliphatic carbocycles. The van der Waals surface area contributed by atoms with Gasteiger partial charge in [0.05, 0.1) is 0 Å². The standard InChI is InChI=1S/C41H40N2O.C7H9N.2C2H6.CH5N/c1-28(9-7-23-42)31-15-19-33(20-16-31)36-26-37(34-21-17-32(18-22-34)29(2)10-8-24-43)41-38(27-36)40-35(13-6-14-39(40)44-41)25-30-11-4-3-5-12-30;8-6-7-4-2-1-3-5-7;3*1-2/h3-15,17-19,21-24,26-27,31,33H,16,20,25,42-43H2,1-2H3;1-5H,6,8H2;2*1-2H3;2H2,1H3/b23-7-,24-8-,28-9+,29-10+;;;;. The summed E-state index contributed by atoms with van der Waals surface area (Å²) in [6, 6.07) is 40.7. The van der Waals surface area contributed by atoms with E-state index in [4.69, 9.17) is 21.6 Å². The average molecular weight is 775 g/mol. The maximum Gasteiger partial charge on any atom is 0.143 e. The fourth-order valence-corrected chi connectivity index (χ4v) is 7.05. The Morgan fingerprint density at radius 2 is 1.31 bits per heavy atom. The third kappa shape index (κ3) is 12.6. The summed E-state index contributed by atoms with van der Waals surface area (Å²) >= 11 is 0. The molecule has 58 heavy (non-hydrogen) atoms. The summed E-state index contributed by atoms with van der Waals surface area (Å²) in [6.45, 7) is 12.9. The summed E-state index contributed by atoms with van der Waals surface area (Å²) < 4.78 is 6.70. The minimum absolute atomic E-state index is 0.339. The lowest BCUT2D eigenvalue weighted by Crippen LogP contribution is -2.09. The van der Waals surface area contributed by atoms with Gasteiger partial charge in [-0.1, -0.05) is 155 Å². The van der Waals surface area contributed by atoms with Gasteiger partial charge in [-0.15, -0.1) is 0 Å². The van der Waals surface area contributed by atoms with Crippen LogP contribution in [0.5, 0.6) is 0 Å². The van der Waals surface area contributed by atoms with E-state index >= 15 is 0 Å². The van der Waals surface area contributed by atoms with Gasteiger partial charge in [-0.25, -0.2) is 0 Å². The molecule has 0 bridgehead atoms. The second-order valence-electron chi connectivity index (χ2n) is 13.5. The molecule has 0 saturated heterocycles. The van der Waals surface area contributed by atoms with Crippen molar-refractivity contribution in [1.29, 1.82) is 0 Å². The second kappa shape index (κ2) is 25.4. The van der Waals surface area contributed by atoms with Crippen molar-refractivity contribution in [2.45, 2.75) is 73.3 Å². The van der Waals surface area contributed by atoms with E-state index in [-0.39, 0.29) is 0 Å². The van der Waals surface area contributed by atoms with Crippen molar-refractivity contribution in [2.24, 2.45) is 28.9 Å². The van der Waals surface area contributed by atoms with Crippen LogP contribution in [0.3, 0.4) is 0 Å². The maximum atomic E-state index is 6.70. The minimum atomic E-state index is 0.339. The zero-order chi connectivity index (χ0) is 42.3. The van der Waals surface area contributed by atoms with Crippen LogP contribution < -0.4 is 22.9 Å².